The van der Waals surface area contributed by atoms with Crippen molar-refractivity contribution in [2.45, 2.75) is 0 Å². The summed E-state index contributed by atoms with van der Waals surface area (Å²) < 4.78 is 7.15. The van der Waals surface area contributed by atoms with Gasteiger partial charge in [-0.05, 0) is 0 Å². The van der Waals surface area contributed by atoms with Gasteiger partial charge < -0.3 is 4.74 Å². The largest absolute Gasteiger partial charge is 0.379 e. The molecule has 7 heavy (non-hydrogen) atoms. The third kappa shape index (κ3) is 1.76. The lowest BCUT2D eigenvalue weighted by Gasteiger charge is -2.18. The van der Waals surface area contributed by atoms with Crippen LogP contribution in [0, 0.1) is 0 Å². The molecule has 0 unspecified atom stereocenters. The smallest absolute Gasteiger partial charge is 0.0603 e. The Hall–Kier alpha value is 0.400. The van der Waals surface area contributed by atoms with Crippen LogP contribution in [0.15, 0.2) is 0 Å². The van der Waals surface area contributed by atoms with E-state index >= 15 is 0 Å². The van der Waals surface area contributed by atoms with Crippen LogP contribution in [-0.2, 0) is 4.74 Å². The molecule has 0 aliphatic carbocycles. The van der Waals surface area contributed by atoms with Crippen molar-refractivity contribution in [1.29, 1.82) is 0 Å². The average molecular weight is 166 g/mol. The van der Waals surface area contributed by atoms with E-state index < -0.39 is 0 Å². The van der Waals surface area contributed by atoms with Gasteiger partial charge in [-0.2, -0.15) is 0 Å². The maximum atomic E-state index is 5.07. The summed E-state index contributed by atoms with van der Waals surface area (Å²) in [7, 11) is 0. The Labute approximate surface area is 51.8 Å². The molecule has 42 valence electrons. The summed E-state index contributed by atoms with van der Waals surface area (Å²) in [4.78, 5) is 0. The highest BCUT2D eigenvalue weighted by molar-refractivity contribution is 9.07. The topological polar surface area (TPSA) is 12.5 Å². The van der Waals surface area contributed by atoms with Gasteiger partial charge >= 0.3 is 0 Å². The highest BCUT2D eigenvalue weighted by Gasteiger charge is 2.04. The molecule has 1 rings (SSSR count). The summed E-state index contributed by atoms with van der Waals surface area (Å²) in [6, 6.07) is 0. The van der Waals surface area contributed by atoms with Crippen LogP contribution in [0.1, 0.15) is 0 Å². The summed E-state index contributed by atoms with van der Waals surface area (Å²) in [5.74, 6) is 0. The summed E-state index contributed by atoms with van der Waals surface area (Å²) in [6.07, 6.45) is 0. The maximum Gasteiger partial charge on any atom is 0.0603 e. The van der Waals surface area contributed by atoms with E-state index in [0.717, 1.165) is 26.3 Å². The first-order chi connectivity index (χ1) is 3.39. The zero-order chi connectivity index (χ0) is 5.11. The third-order valence-electron chi connectivity index (χ3n) is 0.957. The van der Waals surface area contributed by atoms with Crippen LogP contribution in [0.5, 0.6) is 0 Å². The van der Waals surface area contributed by atoms with Crippen molar-refractivity contribution in [3.05, 3.63) is 0 Å². The quantitative estimate of drug-likeness (QED) is 0.489. The van der Waals surface area contributed by atoms with E-state index in [4.69, 9.17) is 4.74 Å². The van der Waals surface area contributed by atoms with E-state index in [2.05, 4.69) is 20.1 Å². The van der Waals surface area contributed by atoms with Gasteiger partial charge in [0.05, 0.1) is 13.2 Å². The van der Waals surface area contributed by atoms with Gasteiger partial charge in [0.15, 0.2) is 0 Å². The first-order valence-corrected chi connectivity index (χ1v) is 3.09. The summed E-state index contributed by atoms with van der Waals surface area (Å²) in [6.45, 7) is 3.76. The minimum atomic E-state index is 0.866. The predicted octanol–water partition coefficient (Wildman–Crippen LogP) is 0.629. The Morgan fingerprint density at radius 1 is 1.29 bits per heavy atom. The predicted molar refractivity (Wildman–Crippen MR) is 31.3 cm³/mol. The second-order valence-corrected chi connectivity index (χ2v) is 2.53. The molecule has 1 aliphatic rings. The lowest BCUT2D eigenvalue weighted by Crippen LogP contribution is -2.28. The molecule has 1 heterocycles. The van der Waals surface area contributed by atoms with E-state index in [1.165, 1.54) is 0 Å². The molecule has 0 spiro atoms. The van der Waals surface area contributed by atoms with Crippen molar-refractivity contribution in [1.82, 2.24) is 3.93 Å². The van der Waals surface area contributed by atoms with Crippen LogP contribution >= 0.6 is 16.1 Å². The van der Waals surface area contributed by atoms with Gasteiger partial charge in [0.25, 0.3) is 0 Å². The second-order valence-electron chi connectivity index (χ2n) is 1.52. The fourth-order valence-electron chi connectivity index (χ4n) is 0.541. The highest BCUT2D eigenvalue weighted by Crippen LogP contribution is 2.00. The van der Waals surface area contributed by atoms with E-state index in [1.807, 2.05) is 0 Å². The second kappa shape index (κ2) is 2.64. The van der Waals surface area contributed by atoms with E-state index in [0.29, 0.717) is 0 Å². The molecule has 0 atom stereocenters. The molecule has 3 heteroatoms. The number of ether oxygens (including phenoxy) is 1. The van der Waals surface area contributed by atoms with Crippen LogP contribution in [0.2, 0.25) is 0 Å². The van der Waals surface area contributed by atoms with Crippen LogP contribution in [0.25, 0.3) is 0 Å². The first kappa shape index (κ1) is 5.54. The van der Waals surface area contributed by atoms with E-state index in [1.54, 1.807) is 0 Å². The van der Waals surface area contributed by atoms with E-state index in [9.17, 15) is 0 Å². The van der Waals surface area contributed by atoms with Crippen molar-refractivity contribution >= 4 is 16.1 Å². The first-order valence-electron chi connectivity index (χ1n) is 2.38. The molecule has 0 aromatic heterocycles. The number of rotatable bonds is 0. The van der Waals surface area contributed by atoms with Gasteiger partial charge in [0.1, 0.15) is 0 Å². The standard InChI is InChI=1S/C4H8BrNO/c5-6-1-3-7-4-2-6/h1-4H2. The molecule has 1 aliphatic heterocycles. The molecule has 2 nitrogen and oxygen atoms in total. The molecule has 0 aromatic carbocycles. The Morgan fingerprint density at radius 2 is 1.86 bits per heavy atom. The highest BCUT2D eigenvalue weighted by atomic mass is 79.9. The number of halogens is 1. The minimum Gasteiger partial charge on any atom is -0.379 e. The number of hydrogen-bond donors (Lipinski definition) is 0. The lowest BCUT2D eigenvalue weighted by molar-refractivity contribution is 0.0800. The zero-order valence-electron chi connectivity index (χ0n) is 4.06. The van der Waals surface area contributed by atoms with E-state index in [-0.39, 0.29) is 0 Å². The number of morpholine rings is 1. The number of hydrogen-bond acceptors (Lipinski definition) is 2. The van der Waals surface area contributed by atoms with Crippen molar-refractivity contribution in [3.63, 3.8) is 0 Å². The molecule has 0 amide bonds. The van der Waals surface area contributed by atoms with Crippen LogP contribution in [0.3, 0.4) is 0 Å². The summed E-state index contributed by atoms with van der Waals surface area (Å²) >= 11 is 3.34. The van der Waals surface area contributed by atoms with Crippen molar-refractivity contribution < 1.29 is 4.74 Å². The minimum absolute atomic E-state index is 0.866. The summed E-state index contributed by atoms with van der Waals surface area (Å²) in [5, 5.41) is 0. The van der Waals surface area contributed by atoms with Crippen molar-refractivity contribution in [3.8, 4) is 0 Å². The monoisotopic (exact) mass is 165 g/mol. The zero-order valence-corrected chi connectivity index (χ0v) is 5.65. The van der Waals surface area contributed by atoms with Gasteiger partial charge in [-0.3, -0.25) is 0 Å². The molecule has 0 bridgehead atoms. The molecule has 0 saturated carbocycles. The Bertz CT molecular complexity index is 53.7. The molecule has 0 radical (unpaired) electrons. The Morgan fingerprint density at radius 3 is 2.14 bits per heavy atom. The fraction of sp³-hybridized carbons (Fsp3) is 1.00. The van der Waals surface area contributed by atoms with Gasteiger partial charge in [-0.15, -0.1) is 0 Å². The normalized spacial score (nSPS) is 25.3. The lowest BCUT2D eigenvalue weighted by atomic mass is 10.5. The van der Waals surface area contributed by atoms with Gasteiger partial charge in [-0.25, -0.2) is 3.93 Å². The summed E-state index contributed by atoms with van der Waals surface area (Å²) in [5.41, 5.74) is 0. The molecule has 0 aromatic rings. The van der Waals surface area contributed by atoms with Crippen molar-refractivity contribution in [2.75, 3.05) is 26.3 Å². The molecule has 1 fully saturated rings. The Kier molecular flexibility index (Phi) is 2.09. The average Bonchev–Trinajstić information content (AvgIpc) is 1.69. The fourth-order valence-corrected chi connectivity index (χ4v) is 0.831. The number of nitrogens with zero attached hydrogens (tertiary/aromatic N) is 1. The van der Waals surface area contributed by atoms with Crippen molar-refractivity contribution in [2.24, 2.45) is 0 Å². The van der Waals surface area contributed by atoms with Crippen LogP contribution in [0.4, 0.5) is 0 Å². The van der Waals surface area contributed by atoms with Gasteiger partial charge in [0.2, 0.25) is 0 Å². The molecular formula is C4H8BrNO. The molecular weight excluding hydrogens is 158 g/mol. The van der Waals surface area contributed by atoms with Gasteiger partial charge in [0, 0.05) is 29.2 Å². The Balaban J connectivity index is 2.12. The molecule has 1 saturated heterocycles. The molecule has 0 N–H and O–H groups in total. The van der Waals surface area contributed by atoms with Crippen LogP contribution < -0.4 is 0 Å². The third-order valence-corrected chi connectivity index (χ3v) is 1.67. The van der Waals surface area contributed by atoms with Crippen LogP contribution in [-0.4, -0.2) is 30.2 Å². The SMILES string of the molecule is BrN1CCOCC1. The maximum absolute atomic E-state index is 5.07. The van der Waals surface area contributed by atoms with Gasteiger partial charge in [-0.1, -0.05) is 0 Å².